The van der Waals surface area contributed by atoms with E-state index in [0.717, 1.165) is 22.3 Å². The lowest BCUT2D eigenvalue weighted by atomic mass is 9.91. The van der Waals surface area contributed by atoms with Crippen molar-refractivity contribution >= 4 is 17.8 Å². The number of likely N-dealkylation sites (N-methyl/N-ethyl adjacent to an activating group) is 1. The van der Waals surface area contributed by atoms with Gasteiger partial charge in [0.1, 0.15) is 6.04 Å². The van der Waals surface area contributed by atoms with E-state index >= 15 is 0 Å². The maximum absolute atomic E-state index is 14.0. The van der Waals surface area contributed by atoms with Gasteiger partial charge in [0.2, 0.25) is 5.91 Å². The Kier molecular flexibility index (Phi) is 7.05. The van der Waals surface area contributed by atoms with Gasteiger partial charge < -0.3 is 15.5 Å². The fourth-order valence-corrected chi connectivity index (χ4v) is 4.95. The summed E-state index contributed by atoms with van der Waals surface area (Å²) in [5, 5.41) is 5.89. The second-order valence-corrected chi connectivity index (χ2v) is 9.02. The molecule has 0 radical (unpaired) electrons. The first kappa shape index (κ1) is 24.3. The van der Waals surface area contributed by atoms with E-state index < -0.39 is 12.1 Å². The number of amides is 4. The number of hydrogen-bond acceptors (Lipinski definition) is 3. The van der Waals surface area contributed by atoms with Gasteiger partial charge in [-0.15, -0.1) is 6.58 Å². The van der Waals surface area contributed by atoms with Crippen LogP contribution in [0.25, 0.3) is 0 Å². The summed E-state index contributed by atoms with van der Waals surface area (Å²) in [4.78, 5) is 43.5. The largest absolute Gasteiger partial charge is 0.351 e. The summed E-state index contributed by atoms with van der Waals surface area (Å²) in [7, 11) is 0. The molecule has 2 aromatic rings. The predicted molar refractivity (Wildman–Crippen MR) is 135 cm³/mol. The fraction of sp³-hybridized carbons (Fsp3) is 0.321. The summed E-state index contributed by atoms with van der Waals surface area (Å²) in [5.41, 5.74) is 5.16. The lowest BCUT2D eigenvalue weighted by molar-refractivity contribution is -0.136. The molecule has 2 aromatic carbocycles. The summed E-state index contributed by atoms with van der Waals surface area (Å²) in [6.07, 6.45) is 1.99. The number of rotatable bonds is 8. The Bertz CT molecular complexity index is 1190. The second kappa shape index (κ2) is 10.2. The van der Waals surface area contributed by atoms with Gasteiger partial charge in [-0.1, -0.05) is 60.2 Å². The third kappa shape index (κ3) is 4.71. The number of urea groups is 1. The van der Waals surface area contributed by atoms with Crippen LogP contribution in [0.1, 0.15) is 35.2 Å². The molecule has 4 rings (SSSR count). The Balaban J connectivity index is 1.74. The minimum Gasteiger partial charge on any atom is -0.351 e. The van der Waals surface area contributed by atoms with Crippen LogP contribution in [0, 0.1) is 13.8 Å². The van der Waals surface area contributed by atoms with Gasteiger partial charge in [-0.05, 0) is 37.5 Å². The average molecular weight is 473 g/mol. The van der Waals surface area contributed by atoms with Gasteiger partial charge in [0, 0.05) is 19.5 Å². The highest BCUT2D eigenvalue weighted by molar-refractivity contribution is 6.03. The molecule has 4 amide bonds. The van der Waals surface area contributed by atoms with E-state index in [1.54, 1.807) is 15.9 Å². The van der Waals surface area contributed by atoms with Crippen LogP contribution in [-0.2, 0) is 16.0 Å². The van der Waals surface area contributed by atoms with Crippen LogP contribution in [0.15, 0.2) is 72.5 Å². The third-order valence-electron chi connectivity index (χ3n) is 6.67. The molecule has 2 heterocycles. The Morgan fingerprint density at radius 1 is 1.20 bits per heavy atom. The molecule has 0 aliphatic carbocycles. The minimum absolute atomic E-state index is 0.204. The second-order valence-electron chi connectivity index (χ2n) is 9.02. The highest BCUT2D eigenvalue weighted by Gasteiger charge is 2.47. The normalized spacial score (nSPS) is 18.3. The molecule has 0 saturated heterocycles. The molecule has 182 valence electrons. The van der Waals surface area contributed by atoms with Crippen molar-refractivity contribution < 1.29 is 14.4 Å². The summed E-state index contributed by atoms with van der Waals surface area (Å²) in [6.45, 7) is 10.5. The number of hydrogen-bond donors (Lipinski definition) is 2. The Hall–Kier alpha value is -3.87. The van der Waals surface area contributed by atoms with Crippen molar-refractivity contribution in [2.24, 2.45) is 0 Å². The van der Waals surface area contributed by atoms with E-state index in [-0.39, 0.29) is 24.4 Å². The number of benzene rings is 2. The van der Waals surface area contributed by atoms with Crippen LogP contribution in [0.3, 0.4) is 0 Å². The summed E-state index contributed by atoms with van der Waals surface area (Å²) < 4.78 is 0. The minimum atomic E-state index is -0.718. The maximum atomic E-state index is 14.0. The molecule has 2 aliphatic rings. The van der Waals surface area contributed by atoms with Crippen LogP contribution in [0.2, 0.25) is 0 Å². The quantitative estimate of drug-likeness (QED) is 0.578. The molecule has 0 saturated carbocycles. The molecule has 7 nitrogen and oxygen atoms in total. The lowest BCUT2D eigenvalue weighted by Gasteiger charge is -2.33. The van der Waals surface area contributed by atoms with Gasteiger partial charge in [0.25, 0.3) is 5.91 Å². The zero-order chi connectivity index (χ0) is 25.1. The standard InChI is InChI=1S/C28H32N4O3/c1-5-14-29-26(33)22(16-20-10-8-7-9-11-20)32-17-23-24(27(32)34)25(30-28(35)31(23)6-2)21-13-12-18(3)15-19(21)4/h5,7-13,15,22,25H,1,6,14,16-17H2,2-4H3,(H,29,33)(H,30,35)/t22-,25+/m0/s1. The van der Waals surface area contributed by atoms with Gasteiger partial charge in [0.15, 0.2) is 0 Å². The van der Waals surface area contributed by atoms with Crippen LogP contribution in [0.5, 0.6) is 0 Å². The Morgan fingerprint density at radius 3 is 2.60 bits per heavy atom. The average Bonchev–Trinajstić information content (AvgIpc) is 3.18. The first-order valence-electron chi connectivity index (χ1n) is 12.0. The Morgan fingerprint density at radius 2 is 1.94 bits per heavy atom. The van der Waals surface area contributed by atoms with Gasteiger partial charge in [-0.2, -0.15) is 0 Å². The number of carbonyl (C=O) groups excluding carboxylic acids is 3. The molecule has 0 unspecified atom stereocenters. The maximum Gasteiger partial charge on any atom is 0.322 e. The highest BCUT2D eigenvalue weighted by Crippen LogP contribution is 2.38. The summed E-state index contributed by atoms with van der Waals surface area (Å²) >= 11 is 0. The monoisotopic (exact) mass is 472 g/mol. The molecule has 7 heteroatoms. The molecule has 2 N–H and O–H groups in total. The van der Waals surface area contributed by atoms with Crippen molar-refractivity contribution in [1.29, 1.82) is 0 Å². The van der Waals surface area contributed by atoms with Crippen molar-refractivity contribution in [2.45, 2.75) is 39.3 Å². The molecule has 0 aromatic heterocycles. The van der Waals surface area contributed by atoms with E-state index in [2.05, 4.69) is 17.2 Å². The number of nitrogens with one attached hydrogen (secondary N) is 2. The molecule has 0 spiro atoms. The third-order valence-corrected chi connectivity index (χ3v) is 6.67. The van der Waals surface area contributed by atoms with Crippen molar-refractivity contribution in [3.8, 4) is 0 Å². The smallest absolute Gasteiger partial charge is 0.322 e. The highest BCUT2D eigenvalue weighted by atomic mass is 16.2. The van der Waals surface area contributed by atoms with Gasteiger partial charge >= 0.3 is 6.03 Å². The number of nitrogens with zero attached hydrogens (tertiary/aromatic N) is 2. The SMILES string of the molecule is C=CCNC(=O)[C@H](Cc1ccccc1)N1CC2=C(C1=O)[C@@H](c1ccc(C)cc1C)NC(=O)N2CC. The number of carbonyl (C=O) groups is 3. The number of aryl methyl sites for hydroxylation is 2. The molecule has 35 heavy (non-hydrogen) atoms. The van der Waals surface area contributed by atoms with Crippen molar-refractivity contribution in [3.63, 3.8) is 0 Å². The zero-order valence-electron chi connectivity index (χ0n) is 20.5. The lowest BCUT2D eigenvalue weighted by Crippen LogP contribution is -2.50. The van der Waals surface area contributed by atoms with Crippen molar-refractivity contribution in [1.82, 2.24) is 20.4 Å². The van der Waals surface area contributed by atoms with E-state index in [1.165, 1.54) is 0 Å². The van der Waals surface area contributed by atoms with E-state index in [9.17, 15) is 14.4 Å². The molecule has 0 fully saturated rings. The fourth-order valence-electron chi connectivity index (χ4n) is 4.95. The predicted octanol–water partition coefficient (Wildman–Crippen LogP) is 3.40. The Labute approximate surface area is 206 Å². The first-order chi connectivity index (χ1) is 16.8. The summed E-state index contributed by atoms with van der Waals surface area (Å²) in [5.74, 6) is -0.467. The molecule has 2 aliphatic heterocycles. The van der Waals surface area contributed by atoms with Crippen molar-refractivity contribution in [3.05, 3.63) is 94.7 Å². The van der Waals surface area contributed by atoms with Crippen LogP contribution >= 0.6 is 0 Å². The van der Waals surface area contributed by atoms with Gasteiger partial charge in [-0.3, -0.25) is 14.5 Å². The molecule has 0 bridgehead atoms. The van der Waals surface area contributed by atoms with Gasteiger partial charge in [0.05, 0.1) is 23.9 Å². The molecular formula is C28H32N4O3. The zero-order valence-corrected chi connectivity index (χ0v) is 20.5. The molecule has 2 atom stereocenters. The molecular weight excluding hydrogens is 440 g/mol. The summed E-state index contributed by atoms with van der Waals surface area (Å²) in [6, 6.07) is 14.1. The van der Waals surface area contributed by atoms with Crippen LogP contribution in [0.4, 0.5) is 4.79 Å². The first-order valence-corrected chi connectivity index (χ1v) is 12.0. The van der Waals surface area contributed by atoms with E-state index in [4.69, 9.17) is 0 Å². The van der Waals surface area contributed by atoms with Crippen LogP contribution in [-0.4, -0.2) is 53.3 Å². The van der Waals surface area contributed by atoms with Crippen LogP contribution < -0.4 is 10.6 Å². The van der Waals surface area contributed by atoms with E-state index in [1.807, 2.05) is 69.3 Å². The van der Waals surface area contributed by atoms with Gasteiger partial charge in [-0.25, -0.2) is 4.79 Å². The van der Waals surface area contributed by atoms with E-state index in [0.29, 0.717) is 30.8 Å². The topological polar surface area (TPSA) is 81.8 Å². The van der Waals surface area contributed by atoms with Crippen molar-refractivity contribution in [2.75, 3.05) is 19.6 Å².